The minimum absolute atomic E-state index is 0.0534. The van der Waals surface area contributed by atoms with Crippen molar-refractivity contribution in [3.8, 4) is 5.75 Å². The molecule has 1 aliphatic heterocycles. The molecule has 0 spiro atoms. The lowest BCUT2D eigenvalue weighted by Gasteiger charge is -2.34. The molecule has 5 nitrogen and oxygen atoms in total. The summed E-state index contributed by atoms with van der Waals surface area (Å²) in [6.07, 6.45) is -0.221. The summed E-state index contributed by atoms with van der Waals surface area (Å²) in [4.78, 5) is 0.196. The molecule has 1 heterocycles. The van der Waals surface area contributed by atoms with Crippen LogP contribution in [0, 0.1) is 0 Å². The van der Waals surface area contributed by atoms with Gasteiger partial charge in [0.25, 0.3) is 0 Å². The van der Waals surface area contributed by atoms with Gasteiger partial charge in [-0.3, -0.25) is 0 Å². The average Bonchev–Trinajstić information content (AvgIpc) is 2.28. The van der Waals surface area contributed by atoms with Crippen LogP contribution in [0.2, 0.25) is 0 Å². The zero-order chi connectivity index (χ0) is 13.3. The smallest absolute Gasteiger partial charge is 0.243 e. The molecule has 2 unspecified atom stereocenters. The summed E-state index contributed by atoms with van der Waals surface area (Å²) in [5.74, 6) is 0.0534. The number of ether oxygens (including phenoxy) is 1. The standard InChI is InChI=1S/C12H17NO4S/c1-9-7-13(8-10(2)17-9)18(15,16)12-5-3-11(14)4-6-12/h3-6,9-10,14H,7-8H2,1-2H3. The van der Waals surface area contributed by atoms with Crippen molar-refractivity contribution in [1.29, 1.82) is 0 Å². The monoisotopic (exact) mass is 271 g/mol. The third-order valence-electron chi connectivity index (χ3n) is 2.86. The van der Waals surface area contributed by atoms with Crippen LogP contribution in [0.3, 0.4) is 0 Å². The van der Waals surface area contributed by atoms with Crippen molar-refractivity contribution >= 4 is 10.0 Å². The van der Waals surface area contributed by atoms with Gasteiger partial charge < -0.3 is 9.84 Å². The van der Waals surface area contributed by atoms with Gasteiger partial charge in [0, 0.05) is 13.1 Å². The molecule has 0 saturated carbocycles. The van der Waals surface area contributed by atoms with Crippen LogP contribution in [0.1, 0.15) is 13.8 Å². The Morgan fingerprint density at radius 3 is 2.17 bits per heavy atom. The van der Waals surface area contributed by atoms with Crippen LogP contribution < -0.4 is 0 Å². The highest BCUT2D eigenvalue weighted by Gasteiger charge is 2.31. The average molecular weight is 271 g/mol. The van der Waals surface area contributed by atoms with E-state index in [-0.39, 0.29) is 22.9 Å². The van der Waals surface area contributed by atoms with E-state index < -0.39 is 10.0 Å². The summed E-state index contributed by atoms with van der Waals surface area (Å²) in [5.41, 5.74) is 0. The number of morpholine rings is 1. The van der Waals surface area contributed by atoms with Crippen molar-refractivity contribution in [2.24, 2.45) is 0 Å². The van der Waals surface area contributed by atoms with Gasteiger partial charge in [0.1, 0.15) is 5.75 Å². The fourth-order valence-corrected chi connectivity index (χ4v) is 3.68. The molecule has 2 atom stereocenters. The van der Waals surface area contributed by atoms with Gasteiger partial charge in [-0.1, -0.05) is 0 Å². The molecule has 2 rings (SSSR count). The number of hydrogen-bond donors (Lipinski definition) is 1. The molecule has 0 aliphatic carbocycles. The molecule has 1 aliphatic rings. The van der Waals surface area contributed by atoms with Crippen LogP contribution in [0.5, 0.6) is 5.75 Å². The van der Waals surface area contributed by atoms with Crippen molar-refractivity contribution in [3.63, 3.8) is 0 Å². The van der Waals surface area contributed by atoms with Crippen LogP contribution in [0.15, 0.2) is 29.2 Å². The maximum atomic E-state index is 12.4. The van der Waals surface area contributed by atoms with Gasteiger partial charge in [-0.15, -0.1) is 0 Å². The maximum Gasteiger partial charge on any atom is 0.243 e. The molecule has 1 aromatic carbocycles. The Balaban J connectivity index is 2.28. The van der Waals surface area contributed by atoms with Crippen LogP contribution >= 0.6 is 0 Å². The first-order chi connectivity index (χ1) is 8.39. The van der Waals surface area contributed by atoms with Gasteiger partial charge in [-0.25, -0.2) is 8.42 Å². The van der Waals surface area contributed by atoms with Crippen molar-refractivity contribution in [3.05, 3.63) is 24.3 Å². The van der Waals surface area contributed by atoms with Crippen molar-refractivity contribution in [2.45, 2.75) is 31.0 Å². The van der Waals surface area contributed by atoms with Crippen molar-refractivity contribution in [2.75, 3.05) is 13.1 Å². The second-order valence-electron chi connectivity index (χ2n) is 4.57. The number of aromatic hydroxyl groups is 1. The first-order valence-electron chi connectivity index (χ1n) is 5.84. The number of phenolic OH excluding ortho intramolecular Hbond substituents is 1. The summed E-state index contributed by atoms with van der Waals surface area (Å²) in [6, 6.07) is 5.57. The molecule has 1 saturated heterocycles. The van der Waals surface area contributed by atoms with Crippen molar-refractivity contribution in [1.82, 2.24) is 4.31 Å². The van der Waals surface area contributed by atoms with E-state index in [9.17, 15) is 13.5 Å². The molecule has 0 aromatic heterocycles. The Bertz CT molecular complexity index is 501. The molecule has 18 heavy (non-hydrogen) atoms. The fraction of sp³-hybridized carbons (Fsp3) is 0.500. The summed E-state index contributed by atoms with van der Waals surface area (Å²) in [6.45, 7) is 4.42. The second-order valence-corrected chi connectivity index (χ2v) is 6.51. The SMILES string of the molecule is CC1CN(S(=O)(=O)c2ccc(O)cc2)CC(C)O1. The Morgan fingerprint density at radius 2 is 1.67 bits per heavy atom. The fourth-order valence-electron chi connectivity index (χ4n) is 2.09. The predicted octanol–water partition coefficient (Wildman–Crippen LogP) is 1.19. The van der Waals surface area contributed by atoms with Crippen LogP contribution in [-0.2, 0) is 14.8 Å². The van der Waals surface area contributed by atoms with Gasteiger partial charge in [-0.05, 0) is 38.1 Å². The summed E-state index contributed by atoms with van der Waals surface area (Å²) >= 11 is 0. The van der Waals surface area contributed by atoms with Crippen LogP contribution in [0.25, 0.3) is 0 Å². The minimum atomic E-state index is -3.50. The van der Waals surface area contributed by atoms with Gasteiger partial charge in [0.05, 0.1) is 17.1 Å². The Labute approximate surface area is 107 Å². The first kappa shape index (κ1) is 13.3. The molecular weight excluding hydrogens is 254 g/mol. The van der Waals surface area contributed by atoms with Gasteiger partial charge in [-0.2, -0.15) is 4.31 Å². The van der Waals surface area contributed by atoms with Crippen LogP contribution in [0.4, 0.5) is 0 Å². The highest BCUT2D eigenvalue weighted by atomic mass is 32.2. The van der Waals surface area contributed by atoms with Gasteiger partial charge in [0.15, 0.2) is 0 Å². The van der Waals surface area contributed by atoms with E-state index in [4.69, 9.17) is 4.74 Å². The highest BCUT2D eigenvalue weighted by molar-refractivity contribution is 7.89. The Morgan fingerprint density at radius 1 is 1.17 bits per heavy atom. The van der Waals surface area contributed by atoms with Crippen molar-refractivity contribution < 1.29 is 18.3 Å². The van der Waals surface area contributed by atoms with Gasteiger partial charge >= 0.3 is 0 Å². The Kier molecular flexibility index (Phi) is 3.61. The predicted molar refractivity (Wildman–Crippen MR) is 66.9 cm³/mol. The lowest BCUT2D eigenvalue weighted by Crippen LogP contribution is -2.48. The van der Waals surface area contributed by atoms with E-state index in [0.717, 1.165) is 0 Å². The zero-order valence-electron chi connectivity index (χ0n) is 10.4. The van der Waals surface area contributed by atoms with E-state index in [1.54, 1.807) is 0 Å². The van der Waals surface area contributed by atoms with E-state index in [2.05, 4.69) is 0 Å². The number of phenols is 1. The maximum absolute atomic E-state index is 12.4. The van der Waals surface area contributed by atoms with Crippen LogP contribution in [-0.4, -0.2) is 43.1 Å². The lowest BCUT2D eigenvalue weighted by atomic mass is 10.3. The summed E-state index contributed by atoms with van der Waals surface area (Å²) in [7, 11) is -3.50. The molecule has 1 aromatic rings. The van der Waals surface area contributed by atoms with E-state index in [1.807, 2.05) is 13.8 Å². The molecule has 0 bridgehead atoms. The van der Waals surface area contributed by atoms with E-state index in [1.165, 1.54) is 28.6 Å². The number of benzene rings is 1. The third-order valence-corrected chi connectivity index (χ3v) is 4.71. The Hall–Kier alpha value is -1.11. The largest absolute Gasteiger partial charge is 0.508 e. The molecular formula is C12H17NO4S. The van der Waals surface area contributed by atoms with E-state index >= 15 is 0 Å². The first-order valence-corrected chi connectivity index (χ1v) is 7.28. The topological polar surface area (TPSA) is 66.8 Å². The zero-order valence-corrected chi connectivity index (χ0v) is 11.2. The summed E-state index contributed by atoms with van der Waals surface area (Å²) in [5, 5.41) is 9.19. The quantitative estimate of drug-likeness (QED) is 0.877. The second kappa shape index (κ2) is 4.87. The number of sulfonamides is 1. The molecule has 100 valence electrons. The third kappa shape index (κ3) is 2.66. The number of nitrogens with zero attached hydrogens (tertiary/aromatic N) is 1. The van der Waals surface area contributed by atoms with Gasteiger partial charge in [0.2, 0.25) is 10.0 Å². The lowest BCUT2D eigenvalue weighted by molar-refractivity contribution is -0.0440. The number of hydrogen-bond acceptors (Lipinski definition) is 4. The molecule has 1 N–H and O–H groups in total. The van der Waals surface area contributed by atoms with E-state index in [0.29, 0.717) is 13.1 Å². The molecule has 0 amide bonds. The molecule has 0 radical (unpaired) electrons. The summed E-state index contributed by atoms with van der Waals surface area (Å²) < 4.78 is 31.7. The molecule has 6 heteroatoms. The number of rotatable bonds is 2. The highest BCUT2D eigenvalue weighted by Crippen LogP contribution is 2.22. The minimum Gasteiger partial charge on any atom is -0.508 e. The normalized spacial score (nSPS) is 26.1. The molecule has 1 fully saturated rings.